The third-order valence-corrected chi connectivity index (χ3v) is 3.84. The number of carboxylic acids is 1. The summed E-state index contributed by atoms with van der Waals surface area (Å²) in [5, 5.41) is 9.70. The van der Waals surface area contributed by atoms with Gasteiger partial charge in [0.05, 0.1) is 6.54 Å². The Morgan fingerprint density at radius 2 is 1.55 bits per heavy atom. The first-order valence-corrected chi connectivity index (χ1v) is 7.64. The fourth-order valence-electron chi connectivity index (χ4n) is 2.27. The molecule has 0 aromatic heterocycles. The molecule has 0 heterocycles. The van der Waals surface area contributed by atoms with Crippen molar-refractivity contribution in [2.75, 3.05) is 6.54 Å². The summed E-state index contributed by atoms with van der Waals surface area (Å²) in [7, 11) is 0. The summed E-state index contributed by atoms with van der Waals surface area (Å²) < 4.78 is 0. The van der Waals surface area contributed by atoms with E-state index in [0.29, 0.717) is 6.54 Å². The highest BCUT2D eigenvalue weighted by Gasteiger charge is 2.13. The van der Waals surface area contributed by atoms with Crippen LogP contribution in [0.1, 0.15) is 19.4 Å². The summed E-state index contributed by atoms with van der Waals surface area (Å²) in [6, 6.07) is 16.1. The number of carboxylic acid groups (broad SMARTS) is 1. The van der Waals surface area contributed by atoms with Crippen LogP contribution in [0.15, 0.2) is 48.5 Å². The predicted octanol–water partition coefficient (Wildman–Crippen LogP) is 4.30. The van der Waals surface area contributed by atoms with Gasteiger partial charge in [0.1, 0.15) is 0 Å². The minimum Gasteiger partial charge on any atom is -0.480 e. The van der Waals surface area contributed by atoms with Gasteiger partial charge in [0, 0.05) is 17.6 Å². The minimum atomic E-state index is -0.800. The number of aliphatic carboxylic acids is 1. The predicted molar refractivity (Wildman–Crippen MR) is 90.1 cm³/mol. The van der Waals surface area contributed by atoms with E-state index in [0.717, 1.165) is 21.7 Å². The first kappa shape index (κ1) is 16.5. The fourth-order valence-corrected chi connectivity index (χ4v) is 2.40. The lowest BCUT2D eigenvalue weighted by Crippen LogP contribution is -2.35. The van der Waals surface area contributed by atoms with Crippen LogP contribution in [0.25, 0.3) is 11.1 Å². The molecular weight excluding hydrogens is 298 g/mol. The molecular formula is C18H20ClNO2. The molecule has 0 radical (unpaired) electrons. The maximum Gasteiger partial charge on any atom is 0.317 e. The van der Waals surface area contributed by atoms with Crippen molar-refractivity contribution in [3.63, 3.8) is 0 Å². The number of carbonyl (C=O) groups is 1. The van der Waals surface area contributed by atoms with Gasteiger partial charge < -0.3 is 5.11 Å². The Bertz CT molecular complexity index is 621. The number of hydrogen-bond acceptors (Lipinski definition) is 2. The molecule has 0 aliphatic carbocycles. The summed E-state index contributed by atoms with van der Waals surface area (Å²) in [5.74, 6) is -0.800. The van der Waals surface area contributed by atoms with E-state index in [4.69, 9.17) is 16.7 Å². The highest BCUT2D eigenvalue weighted by atomic mass is 35.5. The van der Waals surface area contributed by atoms with Crippen molar-refractivity contribution >= 4 is 17.6 Å². The van der Waals surface area contributed by atoms with E-state index in [1.54, 1.807) is 0 Å². The molecule has 4 heteroatoms. The first-order valence-electron chi connectivity index (χ1n) is 7.26. The van der Waals surface area contributed by atoms with E-state index in [9.17, 15) is 4.79 Å². The average Bonchev–Trinajstić information content (AvgIpc) is 2.48. The molecule has 0 saturated carbocycles. The van der Waals surface area contributed by atoms with E-state index >= 15 is 0 Å². The van der Waals surface area contributed by atoms with Gasteiger partial charge in [-0.05, 0) is 42.7 Å². The van der Waals surface area contributed by atoms with Gasteiger partial charge >= 0.3 is 5.97 Å². The van der Waals surface area contributed by atoms with Crippen LogP contribution in [-0.2, 0) is 11.3 Å². The molecule has 0 aliphatic rings. The van der Waals surface area contributed by atoms with Crippen LogP contribution in [0.3, 0.4) is 0 Å². The molecule has 0 aliphatic heterocycles. The number of nitrogens with zero attached hydrogens (tertiary/aromatic N) is 1. The zero-order valence-electron chi connectivity index (χ0n) is 12.8. The standard InChI is InChI=1S/C18H20ClNO2/c1-13(2)20(12-18(21)22)11-14-3-5-15(6-4-14)16-7-9-17(19)10-8-16/h3-10,13H,11-12H2,1-2H3,(H,21,22). The zero-order valence-corrected chi connectivity index (χ0v) is 13.5. The van der Waals surface area contributed by atoms with Gasteiger partial charge in [-0.2, -0.15) is 0 Å². The van der Waals surface area contributed by atoms with E-state index in [1.807, 2.05) is 55.1 Å². The normalized spacial score (nSPS) is 11.1. The SMILES string of the molecule is CC(C)N(CC(=O)O)Cc1ccc(-c2ccc(Cl)cc2)cc1. The molecule has 0 bridgehead atoms. The van der Waals surface area contributed by atoms with Gasteiger partial charge in [0.25, 0.3) is 0 Å². The topological polar surface area (TPSA) is 40.5 Å². The van der Waals surface area contributed by atoms with Crippen LogP contribution < -0.4 is 0 Å². The average molecular weight is 318 g/mol. The zero-order chi connectivity index (χ0) is 16.1. The Labute approximate surface area is 136 Å². The molecule has 2 rings (SSSR count). The van der Waals surface area contributed by atoms with Crippen molar-refractivity contribution in [3.05, 3.63) is 59.1 Å². The lowest BCUT2D eigenvalue weighted by Gasteiger charge is -2.24. The second-order valence-corrected chi connectivity index (χ2v) is 6.03. The lowest BCUT2D eigenvalue weighted by molar-refractivity contribution is -0.138. The van der Waals surface area contributed by atoms with Crippen LogP contribution in [0, 0.1) is 0 Å². The van der Waals surface area contributed by atoms with Gasteiger partial charge in [-0.15, -0.1) is 0 Å². The van der Waals surface area contributed by atoms with Crippen molar-refractivity contribution in [1.82, 2.24) is 4.90 Å². The number of hydrogen-bond donors (Lipinski definition) is 1. The summed E-state index contributed by atoms with van der Waals surface area (Å²) in [5.41, 5.74) is 3.34. The number of rotatable bonds is 6. The molecule has 0 atom stereocenters. The Balaban J connectivity index is 2.11. The Kier molecular flexibility index (Phi) is 5.58. The van der Waals surface area contributed by atoms with Crippen molar-refractivity contribution in [2.45, 2.75) is 26.4 Å². The monoisotopic (exact) mass is 317 g/mol. The van der Waals surface area contributed by atoms with Crippen LogP contribution in [-0.4, -0.2) is 28.6 Å². The van der Waals surface area contributed by atoms with Crippen LogP contribution in [0.5, 0.6) is 0 Å². The Morgan fingerprint density at radius 1 is 1.05 bits per heavy atom. The van der Waals surface area contributed by atoms with Crippen LogP contribution >= 0.6 is 11.6 Å². The summed E-state index contributed by atoms with van der Waals surface area (Å²) in [6.45, 7) is 4.69. The third kappa shape index (κ3) is 4.58. The summed E-state index contributed by atoms with van der Waals surface area (Å²) in [4.78, 5) is 12.8. The number of benzene rings is 2. The largest absolute Gasteiger partial charge is 0.480 e. The van der Waals surface area contributed by atoms with Gasteiger partial charge in [-0.3, -0.25) is 9.69 Å². The molecule has 0 fully saturated rings. The fraction of sp³-hybridized carbons (Fsp3) is 0.278. The van der Waals surface area contributed by atoms with Gasteiger partial charge in [0.15, 0.2) is 0 Å². The smallest absolute Gasteiger partial charge is 0.317 e. The summed E-state index contributed by atoms with van der Waals surface area (Å²) in [6.07, 6.45) is 0. The second-order valence-electron chi connectivity index (χ2n) is 5.60. The van der Waals surface area contributed by atoms with Crippen molar-refractivity contribution < 1.29 is 9.90 Å². The van der Waals surface area contributed by atoms with E-state index < -0.39 is 5.97 Å². The maximum absolute atomic E-state index is 10.9. The highest BCUT2D eigenvalue weighted by Crippen LogP contribution is 2.22. The van der Waals surface area contributed by atoms with Crippen molar-refractivity contribution in [2.24, 2.45) is 0 Å². The molecule has 0 spiro atoms. The molecule has 116 valence electrons. The highest BCUT2D eigenvalue weighted by molar-refractivity contribution is 6.30. The second kappa shape index (κ2) is 7.43. The molecule has 0 unspecified atom stereocenters. The van der Waals surface area contributed by atoms with Crippen molar-refractivity contribution in [3.8, 4) is 11.1 Å². The molecule has 3 nitrogen and oxygen atoms in total. The van der Waals surface area contributed by atoms with E-state index in [2.05, 4.69) is 12.1 Å². The van der Waals surface area contributed by atoms with E-state index in [1.165, 1.54) is 0 Å². The molecule has 0 amide bonds. The van der Waals surface area contributed by atoms with Gasteiger partial charge in [-0.25, -0.2) is 0 Å². The first-order chi connectivity index (χ1) is 10.5. The quantitative estimate of drug-likeness (QED) is 0.863. The molecule has 2 aromatic rings. The summed E-state index contributed by atoms with van der Waals surface area (Å²) >= 11 is 5.90. The Hall–Kier alpha value is -1.84. The van der Waals surface area contributed by atoms with Crippen molar-refractivity contribution in [1.29, 1.82) is 0 Å². The van der Waals surface area contributed by atoms with Crippen LogP contribution in [0.4, 0.5) is 0 Å². The minimum absolute atomic E-state index is 0.0522. The van der Waals surface area contributed by atoms with Crippen LogP contribution in [0.2, 0.25) is 5.02 Å². The maximum atomic E-state index is 10.9. The van der Waals surface area contributed by atoms with Gasteiger partial charge in [-0.1, -0.05) is 48.0 Å². The third-order valence-electron chi connectivity index (χ3n) is 3.59. The van der Waals surface area contributed by atoms with Gasteiger partial charge in [0.2, 0.25) is 0 Å². The Morgan fingerprint density at radius 3 is 2.00 bits per heavy atom. The molecule has 0 saturated heterocycles. The molecule has 2 aromatic carbocycles. The van der Waals surface area contributed by atoms with E-state index in [-0.39, 0.29) is 12.6 Å². The molecule has 22 heavy (non-hydrogen) atoms. The molecule has 1 N–H and O–H groups in total. The lowest BCUT2D eigenvalue weighted by atomic mass is 10.0. The number of halogens is 1.